The van der Waals surface area contributed by atoms with E-state index < -0.39 is 21.5 Å². The van der Waals surface area contributed by atoms with Crippen LogP contribution in [0.15, 0.2) is 0 Å². The van der Waals surface area contributed by atoms with Crippen molar-refractivity contribution >= 4 is 25.8 Å². The summed E-state index contributed by atoms with van der Waals surface area (Å²) >= 11 is 3.15. The molecule has 0 aromatic heterocycles. The Balaban J connectivity index is 4.21. The highest BCUT2D eigenvalue weighted by Gasteiger charge is 2.19. The van der Waals surface area contributed by atoms with Crippen molar-refractivity contribution in [3.8, 4) is 0 Å². The molecule has 3 nitrogen and oxygen atoms in total. The minimum atomic E-state index is -3.15. The first-order valence-electron chi connectivity index (χ1n) is 5.07. The van der Waals surface area contributed by atoms with Gasteiger partial charge in [-0.25, -0.2) is 17.2 Å². The molecule has 0 aliphatic rings. The van der Waals surface area contributed by atoms with Gasteiger partial charge in [-0.3, -0.25) is 4.90 Å². The van der Waals surface area contributed by atoms with E-state index in [0.717, 1.165) is 0 Å². The number of halogens is 3. The SMILES string of the molecule is CC(C)S(=O)(=O)CCN(CCBr)CC(F)F. The van der Waals surface area contributed by atoms with E-state index in [1.165, 1.54) is 4.90 Å². The molecule has 98 valence electrons. The van der Waals surface area contributed by atoms with Gasteiger partial charge in [0, 0.05) is 18.4 Å². The van der Waals surface area contributed by atoms with Gasteiger partial charge in [-0.15, -0.1) is 0 Å². The van der Waals surface area contributed by atoms with Gasteiger partial charge in [-0.2, -0.15) is 0 Å². The molecule has 0 aliphatic heterocycles. The number of alkyl halides is 3. The zero-order valence-corrected chi connectivity index (χ0v) is 11.9. The van der Waals surface area contributed by atoms with E-state index in [0.29, 0.717) is 11.9 Å². The summed E-state index contributed by atoms with van der Waals surface area (Å²) in [4.78, 5) is 1.46. The van der Waals surface area contributed by atoms with Gasteiger partial charge in [0.2, 0.25) is 0 Å². The van der Waals surface area contributed by atoms with Crippen LogP contribution < -0.4 is 0 Å². The Morgan fingerprint density at radius 3 is 2.19 bits per heavy atom. The summed E-state index contributed by atoms with van der Waals surface area (Å²) in [6.07, 6.45) is -2.43. The normalized spacial score (nSPS) is 13.0. The lowest BCUT2D eigenvalue weighted by Crippen LogP contribution is -2.36. The molecule has 0 saturated carbocycles. The van der Waals surface area contributed by atoms with Gasteiger partial charge in [-0.05, 0) is 13.8 Å². The average Bonchev–Trinajstić information content (AvgIpc) is 2.13. The third-order valence-corrected chi connectivity index (χ3v) is 4.75. The fraction of sp³-hybridized carbons (Fsp3) is 1.00. The highest BCUT2D eigenvalue weighted by molar-refractivity contribution is 9.09. The second-order valence-corrected chi connectivity index (χ2v) is 7.27. The fourth-order valence-electron chi connectivity index (χ4n) is 1.10. The maximum Gasteiger partial charge on any atom is 0.251 e. The van der Waals surface area contributed by atoms with Crippen molar-refractivity contribution in [1.82, 2.24) is 4.90 Å². The Labute approximate surface area is 104 Å². The lowest BCUT2D eigenvalue weighted by Gasteiger charge is -2.21. The first-order chi connectivity index (χ1) is 7.29. The van der Waals surface area contributed by atoms with Crippen LogP contribution in [-0.2, 0) is 9.84 Å². The smallest absolute Gasteiger partial charge is 0.251 e. The summed E-state index contributed by atoms with van der Waals surface area (Å²) in [6.45, 7) is 3.40. The van der Waals surface area contributed by atoms with Gasteiger partial charge in [-0.1, -0.05) is 15.9 Å². The number of sulfone groups is 1. The molecule has 0 aromatic carbocycles. The Kier molecular flexibility index (Phi) is 7.67. The second-order valence-electron chi connectivity index (χ2n) is 3.80. The molecule has 0 aliphatic carbocycles. The summed E-state index contributed by atoms with van der Waals surface area (Å²) in [6, 6.07) is 0. The molecule has 0 amide bonds. The molecule has 16 heavy (non-hydrogen) atoms. The van der Waals surface area contributed by atoms with Crippen LogP contribution >= 0.6 is 15.9 Å². The number of hydrogen-bond donors (Lipinski definition) is 0. The van der Waals surface area contributed by atoms with E-state index in [1.54, 1.807) is 13.8 Å². The highest BCUT2D eigenvalue weighted by atomic mass is 79.9. The topological polar surface area (TPSA) is 37.4 Å². The summed E-state index contributed by atoms with van der Waals surface area (Å²) in [7, 11) is -3.15. The van der Waals surface area contributed by atoms with Crippen molar-refractivity contribution < 1.29 is 17.2 Å². The Morgan fingerprint density at radius 1 is 1.25 bits per heavy atom. The molecule has 0 bridgehead atoms. The monoisotopic (exact) mass is 321 g/mol. The number of nitrogens with zero attached hydrogens (tertiary/aromatic N) is 1. The van der Waals surface area contributed by atoms with Gasteiger partial charge in [0.1, 0.15) is 0 Å². The average molecular weight is 322 g/mol. The summed E-state index contributed by atoms with van der Waals surface area (Å²) < 4.78 is 47.4. The van der Waals surface area contributed by atoms with Crippen molar-refractivity contribution in [1.29, 1.82) is 0 Å². The molecule has 0 radical (unpaired) electrons. The zero-order chi connectivity index (χ0) is 12.8. The molecule has 0 N–H and O–H groups in total. The van der Waals surface area contributed by atoms with Crippen molar-refractivity contribution in [2.24, 2.45) is 0 Å². The minimum Gasteiger partial charge on any atom is -0.296 e. The van der Waals surface area contributed by atoms with Crippen LogP contribution in [0.4, 0.5) is 8.78 Å². The first kappa shape index (κ1) is 16.2. The molecule has 0 fully saturated rings. The molecule has 0 rings (SSSR count). The lowest BCUT2D eigenvalue weighted by atomic mass is 10.5. The van der Waals surface area contributed by atoms with Gasteiger partial charge in [0.05, 0.1) is 17.5 Å². The third-order valence-electron chi connectivity index (χ3n) is 2.21. The molecule has 0 saturated heterocycles. The molecule has 0 unspecified atom stereocenters. The van der Waals surface area contributed by atoms with Crippen LogP contribution in [0, 0.1) is 0 Å². The van der Waals surface area contributed by atoms with E-state index in [1.807, 2.05) is 0 Å². The summed E-state index contributed by atoms with van der Waals surface area (Å²) in [5.41, 5.74) is 0. The molecule has 0 aromatic rings. The Morgan fingerprint density at radius 2 is 1.81 bits per heavy atom. The van der Waals surface area contributed by atoms with Crippen molar-refractivity contribution in [3.05, 3.63) is 0 Å². The van der Waals surface area contributed by atoms with Gasteiger partial charge in [0.15, 0.2) is 9.84 Å². The van der Waals surface area contributed by atoms with Gasteiger partial charge in [0.25, 0.3) is 6.43 Å². The lowest BCUT2D eigenvalue weighted by molar-refractivity contribution is 0.0943. The van der Waals surface area contributed by atoms with Crippen molar-refractivity contribution in [2.45, 2.75) is 25.5 Å². The summed E-state index contributed by atoms with van der Waals surface area (Å²) in [5, 5.41) is 0.103. The standard InChI is InChI=1S/C9H18BrF2NO2S/c1-8(2)16(14,15)6-5-13(4-3-10)7-9(11)12/h8-9H,3-7H2,1-2H3. The highest BCUT2D eigenvalue weighted by Crippen LogP contribution is 2.04. The van der Waals surface area contributed by atoms with Crippen molar-refractivity contribution in [2.75, 3.05) is 30.7 Å². The predicted molar refractivity (Wildman–Crippen MR) is 65.2 cm³/mol. The molecule has 7 heteroatoms. The maximum absolute atomic E-state index is 12.2. The quantitative estimate of drug-likeness (QED) is 0.639. The first-order valence-corrected chi connectivity index (χ1v) is 7.91. The minimum absolute atomic E-state index is 0.0651. The van der Waals surface area contributed by atoms with E-state index >= 15 is 0 Å². The van der Waals surface area contributed by atoms with Gasteiger partial charge < -0.3 is 0 Å². The third kappa shape index (κ3) is 6.75. The predicted octanol–water partition coefficient (Wildman–Crippen LogP) is 1.77. The largest absolute Gasteiger partial charge is 0.296 e. The molecule has 0 spiro atoms. The second kappa shape index (κ2) is 7.55. The van der Waals surface area contributed by atoms with E-state index in [4.69, 9.17) is 0 Å². The van der Waals surface area contributed by atoms with Crippen LogP contribution in [0.2, 0.25) is 0 Å². The maximum atomic E-state index is 12.2. The van der Waals surface area contributed by atoms with Gasteiger partial charge >= 0.3 is 0 Å². The van der Waals surface area contributed by atoms with E-state index in [9.17, 15) is 17.2 Å². The Bertz CT molecular complexity index is 283. The summed E-state index contributed by atoms with van der Waals surface area (Å²) in [5.74, 6) is -0.0651. The number of rotatable bonds is 8. The Hall–Kier alpha value is 0.250. The molecular formula is C9H18BrF2NO2S. The molecular weight excluding hydrogens is 304 g/mol. The van der Waals surface area contributed by atoms with Crippen LogP contribution in [0.1, 0.15) is 13.8 Å². The van der Waals surface area contributed by atoms with Crippen molar-refractivity contribution in [3.63, 3.8) is 0 Å². The van der Waals surface area contributed by atoms with Crippen LogP contribution in [-0.4, -0.2) is 55.7 Å². The van der Waals surface area contributed by atoms with E-state index in [2.05, 4.69) is 15.9 Å². The molecule has 0 heterocycles. The number of hydrogen-bond acceptors (Lipinski definition) is 3. The fourth-order valence-corrected chi connectivity index (χ4v) is 2.59. The van der Waals surface area contributed by atoms with Crippen LogP contribution in [0.25, 0.3) is 0 Å². The van der Waals surface area contributed by atoms with Crippen LogP contribution in [0.5, 0.6) is 0 Å². The van der Waals surface area contributed by atoms with E-state index in [-0.39, 0.29) is 18.8 Å². The zero-order valence-electron chi connectivity index (χ0n) is 9.50. The molecule has 0 atom stereocenters. The van der Waals surface area contributed by atoms with Crippen LogP contribution in [0.3, 0.4) is 0 Å².